The number of non-ortho nitro benzene ring substituents is 1. The number of rotatable bonds is 2. The monoisotopic (exact) mass is 271 g/mol. The van der Waals surface area contributed by atoms with Gasteiger partial charge in [0.05, 0.1) is 10.3 Å². The molecule has 4 saturated carbocycles. The number of nitro groups is 1. The summed E-state index contributed by atoms with van der Waals surface area (Å²) in [6, 6.07) is 6.70. The molecule has 4 fully saturated rings. The highest BCUT2D eigenvalue weighted by molar-refractivity contribution is 5.94. The molecular weight excluding hydrogens is 254 g/mol. The SMILES string of the molecule is O=C1C2CC3CC(C2)CC1(c1ccc([N+](=O)[O-])cc1)C3. The maximum Gasteiger partial charge on any atom is 0.269 e. The summed E-state index contributed by atoms with van der Waals surface area (Å²) in [5.41, 5.74) is 0.780. The van der Waals surface area contributed by atoms with Gasteiger partial charge in [-0.15, -0.1) is 0 Å². The van der Waals surface area contributed by atoms with E-state index in [0.717, 1.165) is 31.2 Å². The Labute approximate surface area is 117 Å². The van der Waals surface area contributed by atoms with E-state index in [4.69, 9.17) is 0 Å². The highest BCUT2D eigenvalue weighted by atomic mass is 16.6. The molecular formula is C16H17NO3. The molecule has 4 aliphatic rings. The standard InChI is InChI=1S/C16H17NO3/c18-15-12-6-10-5-11(7-12)9-16(15,8-10)13-1-3-14(4-2-13)17(19)20/h1-4,10-12H,5-9H2. The van der Waals surface area contributed by atoms with Gasteiger partial charge in [-0.2, -0.15) is 0 Å². The van der Waals surface area contributed by atoms with Crippen LogP contribution in [0, 0.1) is 27.9 Å². The van der Waals surface area contributed by atoms with Crippen molar-refractivity contribution in [1.82, 2.24) is 0 Å². The molecule has 2 unspecified atom stereocenters. The summed E-state index contributed by atoms with van der Waals surface area (Å²) in [7, 11) is 0. The van der Waals surface area contributed by atoms with Gasteiger partial charge in [0, 0.05) is 18.1 Å². The van der Waals surface area contributed by atoms with Crippen molar-refractivity contribution in [3.63, 3.8) is 0 Å². The normalized spacial score (nSPS) is 38.2. The van der Waals surface area contributed by atoms with Gasteiger partial charge in [0.2, 0.25) is 0 Å². The quantitative estimate of drug-likeness (QED) is 0.612. The Morgan fingerprint density at radius 3 is 2.20 bits per heavy atom. The summed E-state index contributed by atoms with van der Waals surface area (Å²) in [4.78, 5) is 23.2. The third kappa shape index (κ3) is 1.51. The second kappa shape index (κ2) is 3.90. The molecule has 2 atom stereocenters. The number of carbonyl (C=O) groups excluding carboxylic acids is 1. The zero-order chi connectivity index (χ0) is 13.9. The van der Waals surface area contributed by atoms with Gasteiger partial charge in [0.15, 0.2) is 0 Å². The molecule has 0 heterocycles. The van der Waals surface area contributed by atoms with Crippen molar-refractivity contribution in [2.45, 2.75) is 37.5 Å². The third-order valence-electron chi connectivity index (χ3n) is 5.65. The topological polar surface area (TPSA) is 60.2 Å². The molecule has 4 aliphatic carbocycles. The zero-order valence-electron chi connectivity index (χ0n) is 11.2. The zero-order valence-corrected chi connectivity index (χ0v) is 11.2. The van der Waals surface area contributed by atoms with Crippen molar-refractivity contribution in [2.24, 2.45) is 17.8 Å². The number of benzene rings is 1. The summed E-state index contributed by atoms with van der Waals surface area (Å²) < 4.78 is 0. The summed E-state index contributed by atoms with van der Waals surface area (Å²) >= 11 is 0. The Balaban J connectivity index is 1.76. The van der Waals surface area contributed by atoms with Gasteiger partial charge in [0.25, 0.3) is 5.69 Å². The highest BCUT2D eigenvalue weighted by Crippen LogP contribution is 2.58. The van der Waals surface area contributed by atoms with Gasteiger partial charge in [-0.1, -0.05) is 12.1 Å². The third-order valence-corrected chi connectivity index (χ3v) is 5.65. The minimum Gasteiger partial charge on any atom is -0.298 e. The van der Waals surface area contributed by atoms with Gasteiger partial charge in [-0.3, -0.25) is 14.9 Å². The van der Waals surface area contributed by atoms with Crippen molar-refractivity contribution < 1.29 is 9.72 Å². The first-order valence-corrected chi connectivity index (χ1v) is 7.38. The van der Waals surface area contributed by atoms with Gasteiger partial charge in [-0.05, 0) is 49.5 Å². The Hall–Kier alpha value is -1.71. The van der Waals surface area contributed by atoms with Gasteiger partial charge >= 0.3 is 0 Å². The average Bonchev–Trinajstić information content (AvgIpc) is 2.44. The Morgan fingerprint density at radius 1 is 1.05 bits per heavy atom. The Kier molecular flexibility index (Phi) is 2.35. The maximum atomic E-state index is 12.8. The van der Waals surface area contributed by atoms with Crippen LogP contribution in [0.3, 0.4) is 0 Å². The number of ketones is 1. The minimum atomic E-state index is -0.384. The van der Waals surface area contributed by atoms with E-state index < -0.39 is 0 Å². The molecule has 0 spiro atoms. The molecule has 1 aromatic carbocycles. The van der Waals surface area contributed by atoms with E-state index in [1.54, 1.807) is 12.1 Å². The second-order valence-corrected chi connectivity index (χ2v) is 6.79. The molecule has 0 radical (unpaired) electrons. The van der Waals surface area contributed by atoms with E-state index >= 15 is 0 Å². The molecule has 4 nitrogen and oxygen atoms in total. The van der Waals surface area contributed by atoms with Crippen LogP contribution in [0.15, 0.2) is 24.3 Å². The molecule has 5 rings (SSSR count). The lowest BCUT2D eigenvalue weighted by atomic mass is 9.47. The summed E-state index contributed by atoms with van der Waals surface area (Å²) in [6.07, 6.45) is 5.33. The lowest BCUT2D eigenvalue weighted by Gasteiger charge is -2.55. The minimum absolute atomic E-state index is 0.103. The number of hydrogen-bond donors (Lipinski definition) is 0. The number of carbonyl (C=O) groups is 1. The molecule has 0 N–H and O–H groups in total. The van der Waals surface area contributed by atoms with E-state index in [1.165, 1.54) is 6.42 Å². The predicted octanol–water partition coefficient (Wildman–Crippen LogP) is 3.24. The molecule has 4 bridgehead atoms. The van der Waals surface area contributed by atoms with Gasteiger partial charge in [-0.25, -0.2) is 0 Å². The van der Waals surface area contributed by atoms with E-state index in [1.807, 2.05) is 12.1 Å². The van der Waals surface area contributed by atoms with Crippen molar-refractivity contribution in [3.8, 4) is 0 Å². The summed E-state index contributed by atoms with van der Waals surface area (Å²) in [5.74, 6) is 2.01. The van der Waals surface area contributed by atoms with Crippen LogP contribution in [-0.2, 0) is 10.2 Å². The fraction of sp³-hybridized carbons (Fsp3) is 0.562. The largest absolute Gasteiger partial charge is 0.298 e. The molecule has 0 aromatic heterocycles. The van der Waals surface area contributed by atoms with Crippen molar-refractivity contribution in [1.29, 1.82) is 0 Å². The average molecular weight is 271 g/mol. The van der Waals surface area contributed by atoms with E-state index in [-0.39, 0.29) is 21.9 Å². The van der Waals surface area contributed by atoms with Gasteiger partial charge < -0.3 is 0 Å². The molecule has 20 heavy (non-hydrogen) atoms. The first-order chi connectivity index (χ1) is 9.58. The van der Waals surface area contributed by atoms with E-state index in [2.05, 4.69) is 0 Å². The second-order valence-electron chi connectivity index (χ2n) is 6.79. The fourth-order valence-corrected chi connectivity index (χ4v) is 5.05. The Morgan fingerprint density at radius 2 is 1.65 bits per heavy atom. The molecule has 104 valence electrons. The number of Topliss-reactive ketones (excluding diaryl/α,β-unsaturated/α-hetero) is 1. The first-order valence-electron chi connectivity index (χ1n) is 7.38. The van der Waals surface area contributed by atoms with Crippen LogP contribution in [0.1, 0.15) is 37.7 Å². The molecule has 0 amide bonds. The van der Waals surface area contributed by atoms with Crippen LogP contribution in [0.4, 0.5) is 5.69 Å². The fourth-order valence-electron chi connectivity index (χ4n) is 5.05. The van der Waals surface area contributed by atoms with E-state index in [0.29, 0.717) is 17.6 Å². The molecule has 4 heteroatoms. The van der Waals surface area contributed by atoms with Crippen LogP contribution in [0.2, 0.25) is 0 Å². The number of nitrogens with zero attached hydrogens (tertiary/aromatic N) is 1. The first kappa shape index (κ1) is 12.1. The van der Waals surface area contributed by atoms with Crippen molar-refractivity contribution >= 4 is 11.5 Å². The summed E-state index contributed by atoms with van der Waals surface area (Å²) in [5, 5.41) is 10.8. The van der Waals surface area contributed by atoms with Crippen LogP contribution in [0.25, 0.3) is 0 Å². The van der Waals surface area contributed by atoms with Gasteiger partial charge in [0.1, 0.15) is 5.78 Å². The smallest absolute Gasteiger partial charge is 0.269 e. The van der Waals surface area contributed by atoms with Crippen LogP contribution >= 0.6 is 0 Å². The molecule has 0 aliphatic heterocycles. The molecule has 0 saturated heterocycles. The van der Waals surface area contributed by atoms with Crippen molar-refractivity contribution in [3.05, 3.63) is 39.9 Å². The van der Waals surface area contributed by atoms with E-state index in [9.17, 15) is 14.9 Å². The lowest BCUT2D eigenvalue weighted by molar-refractivity contribution is -0.384. The number of nitro benzene ring substituents is 1. The highest BCUT2D eigenvalue weighted by Gasteiger charge is 2.57. The van der Waals surface area contributed by atoms with Crippen LogP contribution in [-0.4, -0.2) is 10.7 Å². The predicted molar refractivity (Wildman–Crippen MR) is 73.3 cm³/mol. The van der Waals surface area contributed by atoms with Crippen LogP contribution in [0.5, 0.6) is 0 Å². The maximum absolute atomic E-state index is 12.8. The molecule has 1 aromatic rings. The number of hydrogen-bond acceptors (Lipinski definition) is 3. The van der Waals surface area contributed by atoms with Crippen LogP contribution < -0.4 is 0 Å². The Bertz CT molecular complexity index is 578. The van der Waals surface area contributed by atoms with Crippen molar-refractivity contribution in [2.75, 3.05) is 0 Å². The lowest BCUT2D eigenvalue weighted by Crippen LogP contribution is -2.55. The summed E-state index contributed by atoms with van der Waals surface area (Å²) in [6.45, 7) is 0.